The van der Waals surface area contributed by atoms with Gasteiger partial charge in [-0.25, -0.2) is 0 Å². The normalized spacial score (nSPS) is 16.4. The number of piperidine rings is 1. The number of aromatic amines is 1. The monoisotopic (exact) mass is 229 g/mol. The maximum atomic E-state index is 12.2. The van der Waals surface area contributed by atoms with Crippen LogP contribution in [0.2, 0.25) is 0 Å². The molecule has 2 aromatic rings. The molecule has 0 atom stereocenters. The molecule has 0 aliphatic carbocycles. The molecule has 0 radical (unpaired) electrons. The molecule has 1 fully saturated rings. The van der Waals surface area contributed by atoms with Crippen LogP contribution >= 0.6 is 0 Å². The molecule has 0 spiro atoms. The van der Waals surface area contributed by atoms with Crippen LogP contribution in [-0.4, -0.2) is 33.9 Å². The van der Waals surface area contributed by atoms with Crippen LogP contribution in [-0.2, 0) is 0 Å². The van der Waals surface area contributed by atoms with Crippen molar-refractivity contribution in [2.45, 2.75) is 19.3 Å². The largest absolute Gasteiger partial charge is 0.350 e. The number of pyridine rings is 1. The van der Waals surface area contributed by atoms with Crippen LogP contribution in [0.5, 0.6) is 0 Å². The topological polar surface area (TPSA) is 49.0 Å². The molecule has 1 aliphatic rings. The van der Waals surface area contributed by atoms with Crippen LogP contribution in [0.25, 0.3) is 10.9 Å². The second kappa shape index (κ2) is 4.20. The Balaban J connectivity index is 1.89. The summed E-state index contributed by atoms with van der Waals surface area (Å²) in [5.74, 6) is 0.112. The molecule has 3 rings (SSSR count). The molecule has 4 nitrogen and oxygen atoms in total. The van der Waals surface area contributed by atoms with Gasteiger partial charge in [0.25, 0.3) is 5.91 Å². The smallest absolute Gasteiger partial charge is 0.270 e. The highest BCUT2D eigenvalue weighted by molar-refractivity contribution is 5.97. The van der Waals surface area contributed by atoms with E-state index in [1.807, 2.05) is 17.0 Å². The number of H-pyrrole nitrogens is 1. The average molecular weight is 229 g/mol. The second-order valence-corrected chi connectivity index (χ2v) is 4.50. The van der Waals surface area contributed by atoms with Gasteiger partial charge in [0.2, 0.25) is 0 Å². The Bertz CT molecular complexity index is 507. The van der Waals surface area contributed by atoms with E-state index in [1.165, 1.54) is 6.42 Å². The molecule has 88 valence electrons. The fourth-order valence-electron chi connectivity index (χ4n) is 2.35. The van der Waals surface area contributed by atoms with E-state index in [0.29, 0.717) is 5.69 Å². The quantitative estimate of drug-likeness (QED) is 0.814. The van der Waals surface area contributed by atoms with E-state index in [9.17, 15) is 4.79 Å². The molecule has 0 bridgehead atoms. The Kier molecular flexibility index (Phi) is 2.55. The highest BCUT2D eigenvalue weighted by Gasteiger charge is 2.19. The van der Waals surface area contributed by atoms with Gasteiger partial charge >= 0.3 is 0 Å². The van der Waals surface area contributed by atoms with Crippen LogP contribution in [0.1, 0.15) is 29.8 Å². The van der Waals surface area contributed by atoms with Gasteiger partial charge in [-0.1, -0.05) is 0 Å². The highest BCUT2D eigenvalue weighted by Crippen LogP contribution is 2.17. The zero-order valence-corrected chi connectivity index (χ0v) is 9.65. The van der Waals surface area contributed by atoms with Gasteiger partial charge in [0.05, 0.1) is 0 Å². The number of likely N-dealkylation sites (tertiary alicyclic amines) is 1. The van der Waals surface area contributed by atoms with Gasteiger partial charge in [0, 0.05) is 36.4 Å². The van der Waals surface area contributed by atoms with Crippen molar-refractivity contribution in [1.82, 2.24) is 14.9 Å². The van der Waals surface area contributed by atoms with Gasteiger partial charge in [-0.2, -0.15) is 0 Å². The van der Waals surface area contributed by atoms with Crippen LogP contribution in [0.3, 0.4) is 0 Å². The first kappa shape index (κ1) is 10.3. The summed E-state index contributed by atoms with van der Waals surface area (Å²) in [6, 6.07) is 3.78. The molecule has 3 heterocycles. The summed E-state index contributed by atoms with van der Waals surface area (Å²) in [5.41, 5.74) is 1.65. The van der Waals surface area contributed by atoms with Crippen molar-refractivity contribution in [3.63, 3.8) is 0 Å². The number of hydrogen-bond acceptors (Lipinski definition) is 2. The zero-order chi connectivity index (χ0) is 11.7. The molecule has 1 saturated heterocycles. The SMILES string of the molecule is O=C(c1cc2cnccc2[nH]1)N1CCCCC1. The van der Waals surface area contributed by atoms with E-state index in [4.69, 9.17) is 0 Å². The zero-order valence-electron chi connectivity index (χ0n) is 9.65. The number of carbonyl (C=O) groups is 1. The van der Waals surface area contributed by atoms with E-state index in [2.05, 4.69) is 9.97 Å². The number of carbonyl (C=O) groups excluding carboxylic acids is 1. The van der Waals surface area contributed by atoms with Crippen molar-refractivity contribution >= 4 is 16.8 Å². The van der Waals surface area contributed by atoms with Gasteiger partial charge in [-0.15, -0.1) is 0 Å². The first-order valence-corrected chi connectivity index (χ1v) is 6.06. The lowest BCUT2D eigenvalue weighted by Crippen LogP contribution is -2.35. The summed E-state index contributed by atoms with van der Waals surface area (Å²) in [7, 11) is 0. The lowest BCUT2D eigenvalue weighted by atomic mass is 10.1. The number of aromatic nitrogens is 2. The Morgan fingerprint density at radius 1 is 1.29 bits per heavy atom. The Morgan fingerprint density at radius 2 is 2.12 bits per heavy atom. The minimum absolute atomic E-state index is 0.112. The predicted molar refractivity (Wildman–Crippen MR) is 65.8 cm³/mol. The van der Waals surface area contributed by atoms with Gasteiger partial charge in [-0.3, -0.25) is 9.78 Å². The molecule has 1 amide bonds. The van der Waals surface area contributed by atoms with E-state index in [0.717, 1.165) is 36.8 Å². The number of nitrogens with one attached hydrogen (secondary N) is 1. The molecule has 0 aromatic carbocycles. The fraction of sp³-hybridized carbons (Fsp3) is 0.385. The maximum Gasteiger partial charge on any atom is 0.270 e. The summed E-state index contributed by atoms with van der Waals surface area (Å²) < 4.78 is 0. The molecule has 2 aromatic heterocycles. The van der Waals surface area contributed by atoms with E-state index in [1.54, 1.807) is 12.4 Å². The molecule has 1 N–H and O–H groups in total. The van der Waals surface area contributed by atoms with Crippen molar-refractivity contribution in [2.24, 2.45) is 0 Å². The molecule has 4 heteroatoms. The standard InChI is InChI=1S/C13H15N3O/c17-13(16-6-2-1-3-7-16)12-8-10-9-14-5-4-11(10)15-12/h4-5,8-9,15H,1-3,6-7H2. The third-order valence-electron chi connectivity index (χ3n) is 3.29. The first-order chi connectivity index (χ1) is 8.34. The number of nitrogens with zero attached hydrogens (tertiary/aromatic N) is 2. The fourth-order valence-corrected chi connectivity index (χ4v) is 2.35. The van der Waals surface area contributed by atoms with Crippen LogP contribution in [0.4, 0.5) is 0 Å². The molecule has 0 unspecified atom stereocenters. The second-order valence-electron chi connectivity index (χ2n) is 4.50. The highest BCUT2D eigenvalue weighted by atomic mass is 16.2. The molecule has 17 heavy (non-hydrogen) atoms. The number of rotatable bonds is 1. The lowest BCUT2D eigenvalue weighted by molar-refractivity contribution is 0.0719. The third kappa shape index (κ3) is 1.90. The summed E-state index contributed by atoms with van der Waals surface area (Å²) in [6.45, 7) is 1.76. The van der Waals surface area contributed by atoms with Gasteiger partial charge in [-0.05, 0) is 31.4 Å². The summed E-state index contributed by atoms with van der Waals surface area (Å²) in [5, 5.41) is 0.993. The Hall–Kier alpha value is -1.84. The van der Waals surface area contributed by atoms with Crippen molar-refractivity contribution in [1.29, 1.82) is 0 Å². The van der Waals surface area contributed by atoms with Gasteiger partial charge in [0.1, 0.15) is 5.69 Å². The Labute approximate surface area is 99.6 Å². The Morgan fingerprint density at radius 3 is 2.88 bits per heavy atom. The van der Waals surface area contributed by atoms with E-state index < -0.39 is 0 Å². The maximum absolute atomic E-state index is 12.2. The predicted octanol–water partition coefficient (Wildman–Crippen LogP) is 2.19. The van der Waals surface area contributed by atoms with Crippen molar-refractivity contribution in [2.75, 3.05) is 13.1 Å². The van der Waals surface area contributed by atoms with Crippen LogP contribution in [0, 0.1) is 0 Å². The number of amides is 1. The number of fused-ring (bicyclic) bond motifs is 1. The third-order valence-corrected chi connectivity index (χ3v) is 3.29. The minimum Gasteiger partial charge on any atom is -0.350 e. The molecular weight excluding hydrogens is 214 g/mol. The van der Waals surface area contributed by atoms with Gasteiger partial charge < -0.3 is 9.88 Å². The van der Waals surface area contributed by atoms with E-state index in [-0.39, 0.29) is 5.91 Å². The van der Waals surface area contributed by atoms with E-state index >= 15 is 0 Å². The molecular formula is C13H15N3O. The molecule has 1 aliphatic heterocycles. The van der Waals surface area contributed by atoms with Crippen molar-refractivity contribution < 1.29 is 4.79 Å². The number of hydrogen-bond donors (Lipinski definition) is 1. The van der Waals surface area contributed by atoms with Crippen molar-refractivity contribution in [3.8, 4) is 0 Å². The van der Waals surface area contributed by atoms with Crippen LogP contribution in [0.15, 0.2) is 24.5 Å². The van der Waals surface area contributed by atoms with Crippen molar-refractivity contribution in [3.05, 3.63) is 30.2 Å². The first-order valence-electron chi connectivity index (χ1n) is 6.06. The summed E-state index contributed by atoms with van der Waals surface area (Å²) in [6.07, 6.45) is 6.98. The average Bonchev–Trinajstić information content (AvgIpc) is 2.82. The lowest BCUT2D eigenvalue weighted by Gasteiger charge is -2.26. The summed E-state index contributed by atoms with van der Waals surface area (Å²) in [4.78, 5) is 21.4. The molecule has 0 saturated carbocycles. The van der Waals surface area contributed by atoms with Gasteiger partial charge in [0.15, 0.2) is 0 Å². The van der Waals surface area contributed by atoms with Crippen LogP contribution < -0.4 is 0 Å². The summed E-state index contributed by atoms with van der Waals surface area (Å²) >= 11 is 0. The minimum atomic E-state index is 0.112.